The van der Waals surface area contributed by atoms with Crippen LogP contribution >= 0.6 is 11.3 Å². The highest BCUT2D eigenvalue weighted by molar-refractivity contribution is 7.89. The van der Waals surface area contributed by atoms with E-state index in [0.29, 0.717) is 41.2 Å². The van der Waals surface area contributed by atoms with Crippen LogP contribution in [0.1, 0.15) is 13.8 Å². The average molecular weight is 420 g/mol. The number of nitrogen functional groups attached to an aromatic ring is 1. The molecule has 0 aliphatic heterocycles. The Morgan fingerprint density at radius 2 is 1.68 bits per heavy atom. The maximum Gasteiger partial charge on any atom is 0.243 e. The highest BCUT2D eigenvalue weighted by atomic mass is 32.2. The van der Waals surface area contributed by atoms with E-state index in [-0.39, 0.29) is 4.90 Å². The predicted octanol–water partition coefficient (Wildman–Crippen LogP) is 3.03. The number of hydrogen-bond acceptors (Lipinski definition) is 9. The zero-order valence-corrected chi connectivity index (χ0v) is 17.1. The second-order valence-corrected chi connectivity index (χ2v) is 8.52. The number of nitrogens with zero attached hydrogens (tertiary/aromatic N) is 4. The molecule has 148 valence electrons. The number of rotatable bonds is 8. The molecule has 0 aliphatic carbocycles. The minimum absolute atomic E-state index is 0.239. The van der Waals surface area contributed by atoms with Crippen molar-refractivity contribution in [1.29, 1.82) is 0 Å². The fraction of sp³-hybridized carbons (Fsp3) is 0.235. The summed E-state index contributed by atoms with van der Waals surface area (Å²) in [6.45, 7) is 4.47. The van der Waals surface area contributed by atoms with Gasteiger partial charge in [0.1, 0.15) is 12.0 Å². The quantitative estimate of drug-likeness (QED) is 0.509. The summed E-state index contributed by atoms with van der Waals surface area (Å²) in [7, 11) is -3.50. The Morgan fingerprint density at radius 1 is 1.04 bits per heavy atom. The minimum atomic E-state index is -3.50. The molecule has 0 bridgehead atoms. The summed E-state index contributed by atoms with van der Waals surface area (Å²) in [5, 5.41) is 8.63. The molecular weight excluding hydrogens is 398 g/mol. The SMILES string of the molecule is CCN(CC)S(=O)(=O)c1ccc(Nc2ncnc(Nc3nccs3)c2N)cc1. The lowest BCUT2D eigenvalue weighted by Crippen LogP contribution is -2.30. The Bertz CT molecular complexity index is 1020. The Kier molecular flexibility index (Phi) is 6.07. The Hall–Kier alpha value is -2.76. The lowest BCUT2D eigenvalue weighted by molar-refractivity contribution is 0.445. The third kappa shape index (κ3) is 4.21. The topological polar surface area (TPSA) is 126 Å². The number of sulfonamides is 1. The first-order valence-electron chi connectivity index (χ1n) is 8.60. The molecule has 0 radical (unpaired) electrons. The van der Waals surface area contributed by atoms with Crippen LogP contribution in [0.4, 0.5) is 28.1 Å². The number of aromatic nitrogens is 3. The molecule has 11 heteroatoms. The van der Waals surface area contributed by atoms with Gasteiger partial charge in [0, 0.05) is 30.4 Å². The van der Waals surface area contributed by atoms with Gasteiger partial charge in [-0.25, -0.2) is 23.4 Å². The first-order valence-corrected chi connectivity index (χ1v) is 10.9. The fourth-order valence-corrected chi connectivity index (χ4v) is 4.53. The van der Waals surface area contributed by atoms with E-state index < -0.39 is 10.0 Å². The molecule has 2 heterocycles. The standard InChI is InChI=1S/C17H21N7O2S2/c1-3-24(4-2)28(25,26)13-7-5-12(6-8-13)22-15-14(18)16(21-11-20-15)23-17-19-9-10-27-17/h5-11H,3-4,18H2,1-2H3,(H2,19,20,21,22,23). The van der Waals surface area contributed by atoms with Crippen LogP contribution in [0.2, 0.25) is 0 Å². The second-order valence-electron chi connectivity index (χ2n) is 5.69. The molecule has 1 aromatic carbocycles. The van der Waals surface area contributed by atoms with Gasteiger partial charge in [0.25, 0.3) is 0 Å². The van der Waals surface area contributed by atoms with E-state index in [4.69, 9.17) is 5.73 Å². The molecule has 0 saturated carbocycles. The molecule has 0 fully saturated rings. The largest absolute Gasteiger partial charge is 0.393 e. The molecule has 0 atom stereocenters. The van der Waals surface area contributed by atoms with E-state index in [0.717, 1.165) is 0 Å². The molecular formula is C17H21N7O2S2. The lowest BCUT2D eigenvalue weighted by atomic mass is 10.3. The number of hydrogen-bond donors (Lipinski definition) is 3. The van der Waals surface area contributed by atoms with Crippen molar-refractivity contribution in [3.63, 3.8) is 0 Å². The van der Waals surface area contributed by atoms with Crippen LogP contribution in [0, 0.1) is 0 Å². The maximum absolute atomic E-state index is 12.6. The van der Waals surface area contributed by atoms with Crippen LogP contribution < -0.4 is 16.4 Å². The molecule has 0 amide bonds. The molecule has 0 saturated heterocycles. The van der Waals surface area contributed by atoms with Gasteiger partial charge in [-0.15, -0.1) is 11.3 Å². The van der Waals surface area contributed by atoms with Crippen molar-refractivity contribution in [3.8, 4) is 0 Å². The lowest BCUT2D eigenvalue weighted by Gasteiger charge is -2.18. The third-order valence-corrected chi connectivity index (χ3v) is 6.75. The molecule has 4 N–H and O–H groups in total. The van der Waals surface area contributed by atoms with Crippen LogP contribution in [-0.4, -0.2) is 40.8 Å². The van der Waals surface area contributed by atoms with Gasteiger partial charge in [-0.3, -0.25) is 0 Å². The summed E-state index contributed by atoms with van der Waals surface area (Å²) >= 11 is 1.43. The van der Waals surface area contributed by atoms with Crippen molar-refractivity contribution in [2.75, 3.05) is 29.5 Å². The minimum Gasteiger partial charge on any atom is -0.393 e. The van der Waals surface area contributed by atoms with Gasteiger partial charge >= 0.3 is 0 Å². The second kappa shape index (κ2) is 8.50. The van der Waals surface area contributed by atoms with Crippen LogP contribution in [0.25, 0.3) is 0 Å². The number of benzene rings is 1. The number of anilines is 5. The highest BCUT2D eigenvalue weighted by Crippen LogP contribution is 2.29. The monoisotopic (exact) mass is 419 g/mol. The number of nitrogens with two attached hydrogens (primary N) is 1. The number of nitrogens with one attached hydrogen (secondary N) is 2. The molecule has 2 aromatic heterocycles. The summed E-state index contributed by atoms with van der Waals surface area (Å²) in [4.78, 5) is 12.7. The van der Waals surface area contributed by atoms with Crippen molar-refractivity contribution in [2.45, 2.75) is 18.7 Å². The molecule has 3 aromatic rings. The Morgan fingerprint density at radius 3 is 2.25 bits per heavy atom. The predicted molar refractivity (Wildman–Crippen MR) is 112 cm³/mol. The first kappa shape index (κ1) is 20.0. The fourth-order valence-electron chi connectivity index (χ4n) is 2.54. The van der Waals surface area contributed by atoms with Crippen molar-refractivity contribution in [1.82, 2.24) is 19.3 Å². The smallest absolute Gasteiger partial charge is 0.243 e. The first-order chi connectivity index (χ1) is 13.5. The maximum atomic E-state index is 12.6. The van der Waals surface area contributed by atoms with E-state index in [1.54, 1.807) is 30.5 Å². The molecule has 28 heavy (non-hydrogen) atoms. The normalized spacial score (nSPS) is 11.5. The molecule has 0 unspecified atom stereocenters. The molecule has 9 nitrogen and oxygen atoms in total. The summed E-state index contributed by atoms with van der Waals surface area (Å²) in [5.41, 5.74) is 7.13. The van der Waals surface area contributed by atoms with Crippen LogP contribution in [0.5, 0.6) is 0 Å². The van der Waals surface area contributed by atoms with Gasteiger partial charge in [0.2, 0.25) is 10.0 Å². The van der Waals surface area contributed by atoms with Gasteiger partial charge < -0.3 is 16.4 Å². The summed E-state index contributed by atoms with van der Waals surface area (Å²) in [6, 6.07) is 6.46. The van der Waals surface area contributed by atoms with Crippen molar-refractivity contribution < 1.29 is 8.42 Å². The average Bonchev–Trinajstić information content (AvgIpc) is 3.19. The zero-order chi connectivity index (χ0) is 20.1. The summed E-state index contributed by atoms with van der Waals surface area (Å²) in [5.74, 6) is 0.849. The van der Waals surface area contributed by atoms with Crippen molar-refractivity contribution in [3.05, 3.63) is 42.2 Å². The highest BCUT2D eigenvalue weighted by Gasteiger charge is 2.21. The van der Waals surface area contributed by atoms with Gasteiger partial charge in [0.15, 0.2) is 16.8 Å². The number of thiazole rings is 1. The van der Waals surface area contributed by atoms with E-state index >= 15 is 0 Å². The van der Waals surface area contributed by atoms with Crippen molar-refractivity contribution >= 4 is 49.5 Å². The van der Waals surface area contributed by atoms with Gasteiger partial charge in [-0.05, 0) is 24.3 Å². The van der Waals surface area contributed by atoms with Crippen LogP contribution in [-0.2, 0) is 10.0 Å². The van der Waals surface area contributed by atoms with Crippen LogP contribution in [0.15, 0.2) is 47.1 Å². The molecule has 3 rings (SSSR count). The van der Waals surface area contributed by atoms with Crippen molar-refractivity contribution in [2.24, 2.45) is 0 Å². The molecule has 0 spiro atoms. The molecule has 0 aliphatic rings. The van der Waals surface area contributed by atoms with E-state index in [1.165, 1.54) is 22.0 Å². The van der Waals surface area contributed by atoms with E-state index in [9.17, 15) is 8.42 Å². The summed E-state index contributed by atoms with van der Waals surface area (Å²) in [6.07, 6.45) is 3.06. The van der Waals surface area contributed by atoms with Crippen LogP contribution in [0.3, 0.4) is 0 Å². The Balaban J connectivity index is 1.79. The van der Waals surface area contributed by atoms with E-state index in [2.05, 4.69) is 25.6 Å². The van der Waals surface area contributed by atoms with Gasteiger partial charge in [-0.2, -0.15) is 4.31 Å². The third-order valence-electron chi connectivity index (χ3n) is 4.00. The summed E-state index contributed by atoms with van der Waals surface area (Å²) < 4.78 is 26.5. The van der Waals surface area contributed by atoms with E-state index in [1.807, 2.05) is 19.2 Å². The van der Waals surface area contributed by atoms with Gasteiger partial charge in [-0.1, -0.05) is 13.8 Å². The zero-order valence-electron chi connectivity index (χ0n) is 15.5. The Labute approximate surface area is 167 Å². The van der Waals surface area contributed by atoms with Gasteiger partial charge in [0.05, 0.1) is 4.90 Å².